The lowest BCUT2D eigenvalue weighted by Crippen LogP contribution is -2.49. The van der Waals surface area contributed by atoms with Gasteiger partial charge in [-0.3, -0.25) is 0 Å². The van der Waals surface area contributed by atoms with Crippen LogP contribution < -0.4 is 9.59 Å². The maximum absolute atomic E-state index is 10.3. The second kappa shape index (κ2) is 6.95. The van der Waals surface area contributed by atoms with E-state index in [1.165, 1.54) is 12.1 Å². The van der Waals surface area contributed by atoms with Crippen LogP contribution in [-0.2, 0) is 6.42 Å². The lowest BCUT2D eigenvalue weighted by atomic mass is 10.1. The highest BCUT2D eigenvalue weighted by molar-refractivity contribution is 7.79. The van der Waals surface area contributed by atoms with Crippen molar-refractivity contribution in [3.05, 3.63) is 52.0 Å². The summed E-state index contributed by atoms with van der Waals surface area (Å²) in [5.74, 6) is -0.114. The molecule has 118 valence electrons. The minimum Gasteiger partial charge on any atom is -0.508 e. The maximum Gasteiger partial charge on any atom is 0.258 e. The molecule has 4 N–H and O–H groups in total. The van der Waals surface area contributed by atoms with Crippen molar-refractivity contribution in [1.82, 2.24) is 9.59 Å². The summed E-state index contributed by atoms with van der Waals surface area (Å²) in [5, 5.41) is 30.2. The zero-order chi connectivity index (χ0) is 16.3. The number of nitrogens with one attached hydrogen (secondary N) is 1. The average Bonchev–Trinajstić information content (AvgIpc) is 2.39. The first-order chi connectivity index (χ1) is 10.3. The van der Waals surface area contributed by atoms with Crippen molar-refractivity contribution < 1.29 is 15.4 Å². The molecule has 5 nitrogen and oxygen atoms in total. The van der Waals surface area contributed by atoms with Crippen LogP contribution in [0.1, 0.15) is 5.56 Å². The van der Waals surface area contributed by atoms with Crippen molar-refractivity contribution in [2.24, 2.45) is 0 Å². The quantitative estimate of drug-likeness (QED) is 0.320. The predicted molar refractivity (Wildman–Crippen MR) is 90.5 cm³/mol. The number of hydrogen-bond donors (Lipinski definition) is 5. The van der Waals surface area contributed by atoms with Crippen LogP contribution in [-0.4, -0.2) is 22.0 Å². The molecule has 0 saturated carbocycles. The van der Waals surface area contributed by atoms with Crippen LogP contribution >= 0.6 is 36.0 Å². The molecule has 22 heavy (non-hydrogen) atoms. The molecule has 0 aliphatic heterocycles. The van der Waals surface area contributed by atoms with E-state index in [0.717, 1.165) is 5.56 Å². The lowest BCUT2D eigenvalue weighted by molar-refractivity contribution is -0.0216. The van der Waals surface area contributed by atoms with Gasteiger partial charge in [0.2, 0.25) is 0 Å². The molecule has 0 saturated heterocycles. The summed E-state index contributed by atoms with van der Waals surface area (Å²) < 4.78 is -1.12. The normalized spacial score (nSPS) is 13.8. The Bertz CT molecular complexity index is 660. The number of phenols is 2. The van der Waals surface area contributed by atoms with E-state index in [9.17, 15) is 15.4 Å². The van der Waals surface area contributed by atoms with Crippen LogP contribution in [0.25, 0.3) is 0 Å². The number of phenolic OH excluding ortho intramolecular Hbond substituents is 2. The molecule has 2 aromatic carbocycles. The van der Waals surface area contributed by atoms with Gasteiger partial charge in [0.15, 0.2) is 5.75 Å². The Hall–Kier alpha value is -1.15. The first-order valence-electron chi connectivity index (χ1n) is 6.36. The number of aromatic hydroxyl groups is 2. The molecular formula is C14H15Cl2N2O3S+. The molecule has 0 aliphatic carbocycles. The SMILES string of the molecule is Oc1ccccc1CCN[N+](O)(S)c1c(O)cc(Cl)cc1Cl. The number of rotatable bonds is 5. The van der Waals surface area contributed by atoms with Gasteiger partial charge in [0.25, 0.3) is 5.69 Å². The summed E-state index contributed by atoms with van der Waals surface area (Å²) in [6.45, 7) is 0.274. The van der Waals surface area contributed by atoms with Crippen molar-refractivity contribution in [3.8, 4) is 11.5 Å². The Balaban J connectivity index is 2.10. The minimum absolute atomic E-state index is 0.0355. The van der Waals surface area contributed by atoms with Crippen molar-refractivity contribution in [2.45, 2.75) is 6.42 Å². The molecule has 0 aromatic heterocycles. The monoisotopic (exact) mass is 361 g/mol. The summed E-state index contributed by atoms with van der Waals surface area (Å²) in [6.07, 6.45) is 0.444. The second-order valence-corrected chi connectivity index (χ2v) is 6.07. The van der Waals surface area contributed by atoms with Crippen LogP contribution in [0.15, 0.2) is 36.4 Å². The summed E-state index contributed by atoms with van der Waals surface area (Å²) >= 11 is 15.8. The molecule has 0 heterocycles. The van der Waals surface area contributed by atoms with E-state index < -0.39 is 4.16 Å². The second-order valence-electron chi connectivity index (χ2n) is 4.64. The van der Waals surface area contributed by atoms with Crippen LogP contribution in [0.5, 0.6) is 11.5 Å². The summed E-state index contributed by atoms with van der Waals surface area (Å²) in [6, 6.07) is 9.53. The summed E-state index contributed by atoms with van der Waals surface area (Å²) in [5.41, 5.74) is 3.39. The lowest BCUT2D eigenvalue weighted by Gasteiger charge is -2.23. The summed E-state index contributed by atoms with van der Waals surface area (Å²) in [4.78, 5) is 0. The highest BCUT2D eigenvalue weighted by Crippen LogP contribution is 2.40. The number of hydrogen-bond acceptors (Lipinski definition) is 5. The molecule has 0 amide bonds. The van der Waals surface area contributed by atoms with Crippen molar-refractivity contribution in [1.29, 1.82) is 0 Å². The van der Waals surface area contributed by atoms with Crippen LogP contribution in [0.4, 0.5) is 5.69 Å². The molecule has 0 aliphatic rings. The van der Waals surface area contributed by atoms with Crippen molar-refractivity contribution in [2.75, 3.05) is 6.54 Å². The van der Waals surface area contributed by atoms with E-state index in [1.807, 2.05) is 0 Å². The zero-order valence-electron chi connectivity index (χ0n) is 11.4. The third-order valence-corrected chi connectivity index (χ3v) is 3.89. The molecule has 2 aromatic rings. The highest BCUT2D eigenvalue weighted by atomic mass is 35.5. The van der Waals surface area contributed by atoms with E-state index >= 15 is 0 Å². The van der Waals surface area contributed by atoms with Crippen LogP contribution in [0, 0.1) is 0 Å². The minimum atomic E-state index is -1.12. The predicted octanol–water partition coefficient (Wildman–Crippen LogP) is 3.69. The molecule has 1 unspecified atom stereocenters. The Labute approximate surface area is 143 Å². The fourth-order valence-corrected chi connectivity index (χ4v) is 2.98. The number of thiol groups is 1. The maximum atomic E-state index is 10.3. The first kappa shape index (κ1) is 17.2. The van der Waals surface area contributed by atoms with Gasteiger partial charge in [-0.25, -0.2) is 0 Å². The third kappa shape index (κ3) is 3.98. The Morgan fingerprint density at radius 3 is 2.41 bits per heavy atom. The van der Waals surface area contributed by atoms with Gasteiger partial charge in [-0.15, -0.1) is 5.43 Å². The Kier molecular flexibility index (Phi) is 5.44. The molecule has 1 atom stereocenters. The van der Waals surface area contributed by atoms with E-state index in [2.05, 4.69) is 18.2 Å². The molecule has 2 rings (SSSR count). The highest BCUT2D eigenvalue weighted by Gasteiger charge is 2.32. The van der Waals surface area contributed by atoms with Gasteiger partial charge < -0.3 is 10.2 Å². The number of nitrogens with zero attached hydrogens (tertiary/aromatic N) is 1. The van der Waals surface area contributed by atoms with Crippen molar-refractivity contribution in [3.63, 3.8) is 0 Å². The molecular weight excluding hydrogens is 347 g/mol. The van der Waals surface area contributed by atoms with Gasteiger partial charge >= 0.3 is 0 Å². The van der Waals surface area contributed by atoms with Crippen LogP contribution in [0.2, 0.25) is 10.0 Å². The largest absolute Gasteiger partial charge is 0.508 e. The van der Waals surface area contributed by atoms with Crippen LogP contribution in [0.3, 0.4) is 0 Å². The van der Waals surface area contributed by atoms with E-state index in [0.29, 0.717) is 6.42 Å². The molecule has 0 spiro atoms. The zero-order valence-corrected chi connectivity index (χ0v) is 13.8. The van der Waals surface area contributed by atoms with Gasteiger partial charge in [-0.1, -0.05) is 41.4 Å². The topological polar surface area (TPSA) is 72.7 Å². The fraction of sp³-hybridized carbons (Fsp3) is 0.143. The molecule has 0 fully saturated rings. The van der Waals surface area contributed by atoms with Gasteiger partial charge in [-0.05, 0) is 28.3 Å². The van der Waals surface area contributed by atoms with Gasteiger partial charge in [-0.2, -0.15) is 5.21 Å². The van der Waals surface area contributed by atoms with Gasteiger partial charge in [0, 0.05) is 11.1 Å². The molecule has 0 bridgehead atoms. The number of halogens is 2. The first-order valence-corrected chi connectivity index (χ1v) is 7.52. The average molecular weight is 362 g/mol. The van der Waals surface area contributed by atoms with Gasteiger partial charge in [0.05, 0.1) is 6.54 Å². The van der Waals surface area contributed by atoms with Gasteiger partial charge in [0.1, 0.15) is 23.6 Å². The van der Waals surface area contributed by atoms with E-state index in [-0.39, 0.29) is 33.8 Å². The summed E-state index contributed by atoms with van der Waals surface area (Å²) in [7, 11) is 0. The standard InChI is InChI=1S/C14H14Cl2N2O3S/c15-10-7-11(16)14(13(20)8-10)18(21,22)17-6-5-9-3-1-2-4-12(9)19/h1-4,7-8,17,21-22H,5-6H2,(H-,19,20)/p+1. The Morgan fingerprint density at radius 1 is 1.09 bits per heavy atom. The van der Waals surface area contributed by atoms with E-state index in [1.54, 1.807) is 24.3 Å². The van der Waals surface area contributed by atoms with Crippen molar-refractivity contribution >= 4 is 41.7 Å². The number of para-hydroxylation sites is 1. The number of quaternary nitrogens is 1. The molecule has 8 heteroatoms. The van der Waals surface area contributed by atoms with E-state index in [4.69, 9.17) is 23.2 Å². The molecule has 0 radical (unpaired) electrons. The number of benzene rings is 2. The third-order valence-electron chi connectivity index (χ3n) is 3.04. The smallest absolute Gasteiger partial charge is 0.258 e. The Morgan fingerprint density at radius 2 is 1.77 bits per heavy atom. The fourth-order valence-electron chi connectivity index (χ4n) is 2.01.